The summed E-state index contributed by atoms with van der Waals surface area (Å²) in [6.07, 6.45) is -1.23. The van der Waals surface area contributed by atoms with Gasteiger partial charge in [0.2, 0.25) is 5.75 Å². The number of para-hydroxylation sites is 1. The normalized spacial score (nSPS) is 11.9. The summed E-state index contributed by atoms with van der Waals surface area (Å²) in [7, 11) is 0. The van der Waals surface area contributed by atoms with Crippen molar-refractivity contribution in [2.24, 2.45) is 0 Å². The molecule has 1 aromatic rings. The molecular formula is C10H10FNO5. The summed E-state index contributed by atoms with van der Waals surface area (Å²) in [5.74, 6) is -2.56. The Morgan fingerprint density at radius 1 is 1.65 bits per heavy atom. The molecule has 0 heterocycles. The zero-order chi connectivity index (χ0) is 13.0. The molecule has 1 N–H and O–H groups in total. The van der Waals surface area contributed by atoms with Crippen molar-refractivity contribution in [2.75, 3.05) is 0 Å². The first kappa shape index (κ1) is 12.9. The molecule has 7 heteroatoms. The Hall–Kier alpha value is -2.18. The maximum Gasteiger partial charge on any atom is 0.314 e. The summed E-state index contributed by atoms with van der Waals surface area (Å²) >= 11 is 0. The van der Waals surface area contributed by atoms with Gasteiger partial charge in [0.25, 0.3) is 0 Å². The molecule has 17 heavy (non-hydrogen) atoms. The Morgan fingerprint density at radius 3 is 2.82 bits per heavy atom. The third kappa shape index (κ3) is 3.40. The minimum absolute atomic E-state index is 0.370. The molecular weight excluding hydrogens is 233 g/mol. The van der Waals surface area contributed by atoms with Gasteiger partial charge in [-0.2, -0.15) is 0 Å². The smallest absolute Gasteiger partial charge is 0.314 e. The Bertz CT molecular complexity index is 448. The predicted octanol–water partition coefficient (Wildman–Crippen LogP) is 1.98. The van der Waals surface area contributed by atoms with Crippen LogP contribution in [-0.2, 0) is 4.79 Å². The molecule has 0 bridgehead atoms. The fourth-order valence-electron chi connectivity index (χ4n) is 1.25. The van der Waals surface area contributed by atoms with E-state index in [1.54, 1.807) is 0 Å². The van der Waals surface area contributed by atoms with E-state index in [-0.39, 0.29) is 6.42 Å². The number of hydrogen-bond acceptors (Lipinski definition) is 4. The number of hydrogen-bond donors (Lipinski definition) is 1. The van der Waals surface area contributed by atoms with Crippen LogP contribution in [0.5, 0.6) is 5.75 Å². The number of nitro benzene ring substituents is 1. The molecule has 1 rings (SSSR count). The first-order valence-corrected chi connectivity index (χ1v) is 4.73. The maximum atomic E-state index is 13.3. The zero-order valence-corrected chi connectivity index (χ0v) is 8.92. The molecule has 92 valence electrons. The van der Waals surface area contributed by atoms with Crippen molar-refractivity contribution < 1.29 is 24.0 Å². The average molecular weight is 243 g/mol. The number of benzene rings is 1. The van der Waals surface area contributed by atoms with E-state index < -0.39 is 34.3 Å². The lowest BCUT2D eigenvalue weighted by atomic mass is 10.2. The van der Waals surface area contributed by atoms with Gasteiger partial charge in [0, 0.05) is 6.07 Å². The molecule has 0 radical (unpaired) electrons. The summed E-state index contributed by atoms with van der Waals surface area (Å²) in [4.78, 5) is 20.2. The molecule has 0 aliphatic heterocycles. The van der Waals surface area contributed by atoms with Gasteiger partial charge < -0.3 is 9.84 Å². The molecule has 0 unspecified atom stereocenters. The second kappa shape index (κ2) is 5.24. The van der Waals surface area contributed by atoms with Gasteiger partial charge >= 0.3 is 11.7 Å². The first-order chi connectivity index (χ1) is 7.91. The quantitative estimate of drug-likeness (QED) is 0.630. The minimum atomic E-state index is -1.13. The van der Waals surface area contributed by atoms with Gasteiger partial charge in [0.1, 0.15) is 6.10 Å². The van der Waals surface area contributed by atoms with Crippen LogP contribution in [0.25, 0.3) is 0 Å². The van der Waals surface area contributed by atoms with Gasteiger partial charge in [-0.3, -0.25) is 14.9 Å². The van der Waals surface area contributed by atoms with Crippen LogP contribution in [0, 0.1) is 15.9 Å². The number of halogens is 1. The lowest BCUT2D eigenvalue weighted by Gasteiger charge is -2.12. The number of nitrogens with zero attached hydrogens (tertiary/aromatic N) is 1. The van der Waals surface area contributed by atoms with Gasteiger partial charge in [-0.1, -0.05) is 6.07 Å². The number of carbonyl (C=O) groups is 1. The van der Waals surface area contributed by atoms with E-state index in [9.17, 15) is 19.3 Å². The topological polar surface area (TPSA) is 89.7 Å². The second-order valence-electron chi connectivity index (χ2n) is 3.37. The maximum absolute atomic E-state index is 13.3. The van der Waals surface area contributed by atoms with Crippen LogP contribution in [0.2, 0.25) is 0 Å². The van der Waals surface area contributed by atoms with Crippen molar-refractivity contribution >= 4 is 11.7 Å². The molecule has 0 amide bonds. The van der Waals surface area contributed by atoms with Crippen molar-refractivity contribution in [1.82, 2.24) is 0 Å². The molecule has 0 aromatic heterocycles. The fraction of sp³-hybridized carbons (Fsp3) is 0.300. The Labute approximate surface area is 95.8 Å². The highest BCUT2D eigenvalue weighted by Crippen LogP contribution is 2.30. The number of nitro groups is 1. The first-order valence-electron chi connectivity index (χ1n) is 4.73. The van der Waals surface area contributed by atoms with Gasteiger partial charge in [-0.15, -0.1) is 0 Å². The highest BCUT2D eigenvalue weighted by molar-refractivity contribution is 5.67. The molecule has 0 saturated heterocycles. The third-order valence-electron chi connectivity index (χ3n) is 1.92. The Morgan fingerprint density at radius 2 is 2.29 bits per heavy atom. The van der Waals surface area contributed by atoms with Crippen molar-refractivity contribution in [1.29, 1.82) is 0 Å². The van der Waals surface area contributed by atoms with Crippen LogP contribution >= 0.6 is 0 Å². The van der Waals surface area contributed by atoms with Crippen LogP contribution in [0.1, 0.15) is 13.3 Å². The highest BCUT2D eigenvalue weighted by atomic mass is 19.1. The Kier molecular flexibility index (Phi) is 3.97. The third-order valence-corrected chi connectivity index (χ3v) is 1.92. The van der Waals surface area contributed by atoms with Crippen LogP contribution in [0.15, 0.2) is 18.2 Å². The molecule has 0 aliphatic carbocycles. The standard InChI is InChI=1S/C10H10FNO5/c1-6(5-9(13)14)17-10-7(11)3-2-4-8(10)12(15)16/h2-4,6H,5H2,1H3,(H,13,14)/t6-/m1/s1. The molecule has 0 fully saturated rings. The average Bonchev–Trinajstić information content (AvgIpc) is 2.19. The van der Waals surface area contributed by atoms with Crippen LogP contribution in [-0.4, -0.2) is 22.1 Å². The zero-order valence-electron chi connectivity index (χ0n) is 8.92. The summed E-state index contributed by atoms with van der Waals surface area (Å²) in [6.45, 7) is 1.39. The summed E-state index contributed by atoms with van der Waals surface area (Å²) in [5, 5.41) is 19.1. The number of aliphatic carboxylic acids is 1. The van der Waals surface area contributed by atoms with Crippen LogP contribution < -0.4 is 4.74 Å². The molecule has 0 spiro atoms. The summed E-state index contributed by atoms with van der Waals surface area (Å²) < 4.78 is 18.3. The second-order valence-corrected chi connectivity index (χ2v) is 3.37. The minimum Gasteiger partial charge on any atom is -0.481 e. The lowest BCUT2D eigenvalue weighted by molar-refractivity contribution is -0.386. The van der Waals surface area contributed by atoms with Gasteiger partial charge in [0.15, 0.2) is 5.82 Å². The lowest BCUT2D eigenvalue weighted by Crippen LogP contribution is -2.17. The number of rotatable bonds is 5. The predicted molar refractivity (Wildman–Crippen MR) is 55.4 cm³/mol. The number of carboxylic acid groups (broad SMARTS) is 1. The van der Waals surface area contributed by atoms with Gasteiger partial charge in [-0.25, -0.2) is 4.39 Å². The van der Waals surface area contributed by atoms with E-state index >= 15 is 0 Å². The monoisotopic (exact) mass is 243 g/mol. The van der Waals surface area contributed by atoms with Gasteiger partial charge in [-0.05, 0) is 13.0 Å². The number of ether oxygens (including phenoxy) is 1. The molecule has 0 aliphatic rings. The molecule has 0 saturated carbocycles. The van der Waals surface area contributed by atoms with E-state index in [2.05, 4.69) is 0 Å². The molecule has 6 nitrogen and oxygen atoms in total. The summed E-state index contributed by atoms with van der Waals surface area (Å²) in [6, 6.07) is 3.28. The number of carboxylic acids is 1. The van der Waals surface area contributed by atoms with Crippen LogP contribution in [0.4, 0.5) is 10.1 Å². The van der Waals surface area contributed by atoms with Crippen molar-refractivity contribution in [3.63, 3.8) is 0 Å². The van der Waals surface area contributed by atoms with Crippen molar-refractivity contribution in [3.8, 4) is 5.75 Å². The van der Waals surface area contributed by atoms with E-state index in [4.69, 9.17) is 9.84 Å². The summed E-state index contributed by atoms with van der Waals surface area (Å²) in [5.41, 5.74) is -0.526. The van der Waals surface area contributed by atoms with Crippen molar-refractivity contribution in [3.05, 3.63) is 34.1 Å². The van der Waals surface area contributed by atoms with E-state index in [1.165, 1.54) is 13.0 Å². The SMILES string of the molecule is C[C@H](CC(=O)O)Oc1c(F)cccc1[N+](=O)[O-]. The largest absolute Gasteiger partial charge is 0.481 e. The van der Waals surface area contributed by atoms with Gasteiger partial charge in [0.05, 0.1) is 11.3 Å². The fourth-order valence-corrected chi connectivity index (χ4v) is 1.25. The molecule has 1 aromatic carbocycles. The van der Waals surface area contributed by atoms with E-state index in [1.807, 2.05) is 0 Å². The van der Waals surface area contributed by atoms with E-state index in [0.717, 1.165) is 12.1 Å². The van der Waals surface area contributed by atoms with Crippen molar-refractivity contribution in [2.45, 2.75) is 19.4 Å². The van der Waals surface area contributed by atoms with E-state index in [0.29, 0.717) is 0 Å². The molecule has 1 atom stereocenters. The Balaban J connectivity index is 2.96. The van der Waals surface area contributed by atoms with Crippen LogP contribution in [0.3, 0.4) is 0 Å². The highest BCUT2D eigenvalue weighted by Gasteiger charge is 2.22.